The van der Waals surface area contributed by atoms with E-state index in [4.69, 9.17) is 9.47 Å². The smallest absolute Gasteiger partial charge is 0.223 e. The van der Waals surface area contributed by atoms with E-state index in [-0.39, 0.29) is 18.7 Å². The largest absolute Gasteiger partial charge is 0.550 e. The molecule has 1 heterocycles. The van der Waals surface area contributed by atoms with Gasteiger partial charge in [-0.25, -0.2) is 0 Å². The molecule has 120 valence electrons. The Morgan fingerprint density at radius 3 is 2.55 bits per heavy atom. The molecule has 1 aliphatic heterocycles. The number of methoxy groups -OCH3 is 2. The van der Waals surface area contributed by atoms with Gasteiger partial charge in [0.2, 0.25) is 5.91 Å². The fourth-order valence-corrected chi connectivity index (χ4v) is 3.02. The van der Waals surface area contributed by atoms with E-state index in [2.05, 4.69) is 0 Å². The van der Waals surface area contributed by atoms with E-state index in [1.165, 1.54) is 14.2 Å². The Morgan fingerprint density at radius 2 is 2.00 bits per heavy atom. The predicted molar refractivity (Wildman–Crippen MR) is 77.4 cm³/mol. The molecule has 6 nitrogen and oxygen atoms in total. The lowest BCUT2D eigenvalue weighted by Gasteiger charge is -2.41. The zero-order chi connectivity index (χ0) is 16.3. The Labute approximate surface area is 129 Å². The summed E-state index contributed by atoms with van der Waals surface area (Å²) >= 11 is 0. The molecule has 6 heteroatoms. The van der Waals surface area contributed by atoms with Crippen LogP contribution in [0.2, 0.25) is 0 Å². The lowest BCUT2D eigenvalue weighted by Crippen LogP contribution is -2.48. The van der Waals surface area contributed by atoms with Crippen molar-refractivity contribution >= 4 is 11.9 Å². The number of benzene rings is 1. The number of hydrogen-bond acceptors (Lipinski definition) is 5. The van der Waals surface area contributed by atoms with Crippen LogP contribution in [0.1, 0.15) is 31.4 Å². The van der Waals surface area contributed by atoms with Gasteiger partial charge in [0.1, 0.15) is 0 Å². The Hall–Kier alpha value is -2.24. The summed E-state index contributed by atoms with van der Waals surface area (Å²) < 4.78 is 10.5. The first-order valence-electron chi connectivity index (χ1n) is 7.25. The number of carboxylic acid groups (broad SMARTS) is 1. The maximum absolute atomic E-state index is 12.1. The highest BCUT2D eigenvalue weighted by molar-refractivity contribution is 5.81. The Morgan fingerprint density at radius 1 is 1.32 bits per heavy atom. The molecule has 0 aromatic heterocycles. The van der Waals surface area contributed by atoms with E-state index in [1.54, 1.807) is 23.1 Å². The Kier molecular flexibility index (Phi) is 4.90. The number of likely N-dealkylation sites (tertiary alicyclic amines) is 1. The molecular formula is C16H20NO5-. The van der Waals surface area contributed by atoms with Crippen LogP contribution in [0.5, 0.6) is 11.5 Å². The first-order valence-corrected chi connectivity index (χ1v) is 7.25. The minimum Gasteiger partial charge on any atom is -0.550 e. The summed E-state index contributed by atoms with van der Waals surface area (Å²) in [5, 5.41) is 11.5. The van der Waals surface area contributed by atoms with Crippen molar-refractivity contribution in [1.82, 2.24) is 4.90 Å². The maximum atomic E-state index is 12.1. The second-order valence-corrected chi connectivity index (χ2v) is 5.20. The van der Waals surface area contributed by atoms with Crippen LogP contribution in [0.4, 0.5) is 0 Å². The molecule has 0 N–H and O–H groups in total. The highest BCUT2D eigenvalue weighted by Gasteiger charge is 2.37. The van der Waals surface area contributed by atoms with Crippen LogP contribution in [0.25, 0.3) is 0 Å². The first-order chi connectivity index (χ1) is 10.5. The molecule has 0 saturated carbocycles. The van der Waals surface area contributed by atoms with E-state index in [0.29, 0.717) is 23.6 Å². The highest BCUT2D eigenvalue weighted by atomic mass is 16.5. The molecule has 0 radical (unpaired) electrons. The number of carboxylic acids is 1. The summed E-state index contributed by atoms with van der Waals surface area (Å²) in [7, 11) is 3.05. The number of nitrogens with zero attached hydrogens (tertiary/aromatic N) is 1. The quantitative estimate of drug-likeness (QED) is 0.802. The van der Waals surface area contributed by atoms with Gasteiger partial charge in [0.05, 0.1) is 20.3 Å². The predicted octanol–water partition coefficient (Wildman–Crippen LogP) is 0.753. The fourth-order valence-electron chi connectivity index (χ4n) is 3.02. The third-order valence-corrected chi connectivity index (χ3v) is 4.10. The summed E-state index contributed by atoms with van der Waals surface area (Å²) in [5.41, 5.74) is 0.710. The van der Waals surface area contributed by atoms with E-state index < -0.39 is 17.9 Å². The van der Waals surface area contributed by atoms with Crippen molar-refractivity contribution in [3.05, 3.63) is 23.8 Å². The molecule has 22 heavy (non-hydrogen) atoms. The van der Waals surface area contributed by atoms with Crippen molar-refractivity contribution in [2.45, 2.75) is 25.8 Å². The molecule has 1 amide bonds. The molecule has 2 rings (SSSR count). The summed E-state index contributed by atoms with van der Waals surface area (Å²) in [6.45, 7) is 2.28. The number of hydrogen-bond donors (Lipinski definition) is 0. The number of carbonyl (C=O) groups is 2. The molecular weight excluding hydrogens is 286 g/mol. The summed E-state index contributed by atoms with van der Waals surface area (Å²) in [5.74, 6) is -0.839. The van der Waals surface area contributed by atoms with Crippen LogP contribution < -0.4 is 14.6 Å². The topological polar surface area (TPSA) is 78.9 Å². The van der Waals surface area contributed by atoms with Gasteiger partial charge in [-0.15, -0.1) is 0 Å². The molecule has 0 unspecified atom stereocenters. The average Bonchev–Trinajstić information content (AvgIpc) is 2.53. The number of ether oxygens (including phenoxy) is 2. The molecule has 0 bridgehead atoms. The average molecular weight is 306 g/mol. The second-order valence-electron chi connectivity index (χ2n) is 5.20. The van der Waals surface area contributed by atoms with E-state index in [9.17, 15) is 14.7 Å². The Bertz CT molecular complexity index is 570. The van der Waals surface area contributed by atoms with Gasteiger partial charge in [-0.05, 0) is 31.0 Å². The molecule has 0 aliphatic carbocycles. The number of amides is 1. The van der Waals surface area contributed by atoms with Crippen molar-refractivity contribution in [3.8, 4) is 11.5 Å². The van der Waals surface area contributed by atoms with Gasteiger partial charge in [-0.3, -0.25) is 4.79 Å². The summed E-state index contributed by atoms with van der Waals surface area (Å²) in [4.78, 5) is 25.2. The molecule has 2 atom stereocenters. The van der Waals surface area contributed by atoms with Gasteiger partial charge < -0.3 is 24.3 Å². The Balaban J connectivity index is 2.47. The van der Waals surface area contributed by atoms with Gasteiger partial charge >= 0.3 is 0 Å². The van der Waals surface area contributed by atoms with E-state index in [1.807, 2.05) is 6.92 Å². The SMILES string of the molecule is CCN1C(=O)CC[C@@H](C(=O)[O-])[C@H]1c1ccc(OC)c(OC)c1. The minimum absolute atomic E-state index is 0.0419. The van der Waals surface area contributed by atoms with Crippen molar-refractivity contribution in [1.29, 1.82) is 0 Å². The molecule has 1 aromatic rings. The fraction of sp³-hybridized carbons (Fsp3) is 0.500. The highest BCUT2D eigenvalue weighted by Crippen LogP contribution is 2.39. The molecule has 1 aliphatic rings. The van der Waals surface area contributed by atoms with Crippen LogP contribution in [0, 0.1) is 5.92 Å². The van der Waals surface area contributed by atoms with Crippen LogP contribution >= 0.6 is 0 Å². The van der Waals surface area contributed by atoms with E-state index in [0.717, 1.165) is 0 Å². The minimum atomic E-state index is -1.13. The lowest BCUT2D eigenvalue weighted by atomic mass is 9.84. The number of piperidine rings is 1. The zero-order valence-electron chi connectivity index (χ0n) is 13.0. The summed E-state index contributed by atoms with van der Waals surface area (Å²) in [6.07, 6.45) is 0.521. The number of rotatable bonds is 5. The van der Waals surface area contributed by atoms with Gasteiger partial charge in [0, 0.05) is 24.9 Å². The van der Waals surface area contributed by atoms with Gasteiger partial charge in [-0.2, -0.15) is 0 Å². The van der Waals surface area contributed by atoms with Crippen LogP contribution in [-0.2, 0) is 9.59 Å². The third kappa shape index (κ3) is 2.86. The number of carbonyl (C=O) groups excluding carboxylic acids is 2. The molecule has 1 saturated heterocycles. The maximum Gasteiger partial charge on any atom is 0.223 e. The van der Waals surface area contributed by atoms with Crippen molar-refractivity contribution in [2.75, 3.05) is 20.8 Å². The first kappa shape index (κ1) is 16.1. The van der Waals surface area contributed by atoms with Crippen LogP contribution in [-0.4, -0.2) is 37.5 Å². The lowest BCUT2D eigenvalue weighted by molar-refractivity contribution is -0.314. The molecule has 0 spiro atoms. The zero-order valence-corrected chi connectivity index (χ0v) is 13.0. The summed E-state index contributed by atoms with van der Waals surface area (Å²) in [6, 6.07) is 4.66. The van der Waals surface area contributed by atoms with Crippen LogP contribution in [0.15, 0.2) is 18.2 Å². The number of aliphatic carboxylic acids is 1. The molecule has 1 aromatic carbocycles. The third-order valence-electron chi connectivity index (χ3n) is 4.10. The van der Waals surface area contributed by atoms with E-state index >= 15 is 0 Å². The van der Waals surface area contributed by atoms with Crippen molar-refractivity contribution < 1.29 is 24.2 Å². The van der Waals surface area contributed by atoms with Crippen LogP contribution in [0.3, 0.4) is 0 Å². The van der Waals surface area contributed by atoms with Crippen molar-refractivity contribution in [3.63, 3.8) is 0 Å². The molecule has 1 fully saturated rings. The second kappa shape index (κ2) is 6.68. The van der Waals surface area contributed by atoms with Gasteiger partial charge in [0.25, 0.3) is 0 Å². The normalized spacial score (nSPS) is 21.6. The monoisotopic (exact) mass is 306 g/mol. The van der Waals surface area contributed by atoms with Gasteiger partial charge in [-0.1, -0.05) is 6.07 Å². The van der Waals surface area contributed by atoms with Crippen molar-refractivity contribution in [2.24, 2.45) is 5.92 Å². The van der Waals surface area contributed by atoms with Gasteiger partial charge in [0.15, 0.2) is 11.5 Å². The standard InChI is InChI=1S/C16H21NO5/c1-4-17-14(18)8-6-11(16(19)20)15(17)10-5-7-12(21-2)13(9-10)22-3/h5,7,9,11,15H,4,6,8H2,1-3H3,(H,19,20)/p-1/t11-,15-/m1/s1.